The first kappa shape index (κ1) is 20.0. The van der Waals surface area contributed by atoms with Crippen molar-refractivity contribution in [1.82, 2.24) is 13.9 Å². The number of methoxy groups -OCH3 is 1. The number of carbonyl (C=O) groups is 2. The average Bonchev–Trinajstić information content (AvgIpc) is 3.00. The number of ketones is 2. The number of rotatable bonds is 2. The van der Waals surface area contributed by atoms with E-state index < -0.39 is 23.3 Å². The summed E-state index contributed by atoms with van der Waals surface area (Å²) in [5.41, 5.74) is 1.07. The molecule has 1 aliphatic heterocycles. The van der Waals surface area contributed by atoms with E-state index in [0.29, 0.717) is 33.6 Å². The van der Waals surface area contributed by atoms with Crippen molar-refractivity contribution in [3.05, 3.63) is 79.2 Å². The van der Waals surface area contributed by atoms with Crippen LogP contribution in [0, 0.1) is 0 Å². The van der Waals surface area contributed by atoms with Gasteiger partial charge in [-0.2, -0.15) is 0 Å². The predicted molar refractivity (Wildman–Crippen MR) is 114 cm³/mol. The monoisotopic (exact) mass is 435 g/mol. The first-order valence-corrected chi connectivity index (χ1v) is 10.2. The molecule has 2 aromatic rings. The largest absolute Gasteiger partial charge is 0.508 e. The fourth-order valence-corrected chi connectivity index (χ4v) is 5.01. The third kappa shape index (κ3) is 2.57. The van der Waals surface area contributed by atoms with Crippen LogP contribution in [0.5, 0.6) is 11.5 Å². The molecule has 164 valence electrons. The summed E-state index contributed by atoms with van der Waals surface area (Å²) in [5, 5.41) is 10.7. The van der Waals surface area contributed by atoms with E-state index in [2.05, 4.69) is 0 Å². The van der Waals surface area contributed by atoms with E-state index >= 15 is 0 Å². The van der Waals surface area contributed by atoms with Crippen LogP contribution in [0.25, 0.3) is 0 Å². The molecule has 0 saturated heterocycles. The zero-order chi connectivity index (χ0) is 22.9. The predicted octanol–water partition coefficient (Wildman–Crippen LogP) is 1.13. The van der Waals surface area contributed by atoms with Crippen molar-refractivity contribution in [1.29, 1.82) is 0 Å². The fraction of sp³-hybridized carbons (Fsp3) is 0.304. The molecule has 2 atom stereocenters. The third-order valence-corrected chi connectivity index (χ3v) is 6.57. The van der Waals surface area contributed by atoms with Gasteiger partial charge in [0.15, 0.2) is 11.6 Å². The Balaban J connectivity index is 1.81. The molecule has 0 bridgehead atoms. The van der Waals surface area contributed by atoms with Gasteiger partial charge < -0.3 is 9.84 Å². The number of hydrogen-bond donors (Lipinski definition) is 1. The normalized spacial score (nSPS) is 22.1. The molecule has 0 fully saturated rings. The van der Waals surface area contributed by atoms with Crippen molar-refractivity contribution in [2.24, 2.45) is 7.05 Å². The van der Waals surface area contributed by atoms with Gasteiger partial charge in [0.2, 0.25) is 0 Å². The molecule has 2 heterocycles. The van der Waals surface area contributed by atoms with E-state index in [1.54, 1.807) is 19.1 Å². The van der Waals surface area contributed by atoms with Crippen molar-refractivity contribution < 1.29 is 19.4 Å². The highest BCUT2D eigenvalue weighted by Gasteiger charge is 2.45. The van der Waals surface area contributed by atoms with Gasteiger partial charge in [0.25, 0.3) is 0 Å². The molecule has 0 saturated carbocycles. The number of fused-ring (bicyclic) bond motifs is 3. The Labute approximate surface area is 182 Å². The van der Waals surface area contributed by atoms with Crippen LogP contribution in [0.3, 0.4) is 0 Å². The van der Waals surface area contributed by atoms with E-state index in [4.69, 9.17) is 4.74 Å². The minimum Gasteiger partial charge on any atom is -0.508 e. The Morgan fingerprint density at radius 2 is 1.88 bits per heavy atom. The highest BCUT2D eigenvalue weighted by atomic mass is 16.5. The van der Waals surface area contributed by atoms with Crippen LogP contribution < -0.4 is 16.1 Å². The smallest absolute Gasteiger partial charge is 0.347 e. The van der Waals surface area contributed by atoms with Gasteiger partial charge in [0.05, 0.1) is 19.7 Å². The lowest BCUT2D eigenvalue weighted by molar-refractivity contribution is -0.116. The maximum atomic E-state index is 13.1. The van der Waals surface area contributed by atoms with Gasteiger partial charge in [-0.25, -0.2) is 23.5 Å². The van der Waals surface area contributed by atoms with Crippen LogP contribution in [-0.4, -0.2) is 37.7 Å². The number of phenols is 1. The van der Waals surface area contributed by atoms with Crippen molar-refractivity contribution in [2.75, 3.05) is 7.11 Å². The molecule has 0 spiro atoms. The number of aromatic nitrogens is 3. The van der Waals surface area contributed by atoms with E-state index in [1.807, 2.05) is 6.08 Å². The number of nitrogens with zero attached hydrogens (tertiary/aromatic N) is 3. The van der Waals surface area contributed by atoms with Gasteiger partial charge in [0.1, 0.15) is 11.5 Å². The second kappa shape index (κ2) is 6.81. The molecule has 9 heteroatoms. The molecular formula is C23H21N3O6. The second-order valence-corrected chi connectivity index (χ2v) is 8.25. The lowest BCUT2D eigenvalue weighted by Crippen LogP contribution is -2.40. The summed E-state index contributed by atoms with van der Waals surface area (Å²) >= 11 is 0. The number of benzene rings is 1. The molecule has 1 aromatic carbocycles. The molecule has 0 radical (unpaired) electrons. The molecular weight excluding hydrogens is 414 g/mol. The third-order valence-electron chi connectivity index (χ3n) is 6.57. The van der Waals surface area contributed by atoms with Gasteiger partial charge >= 0.3 is 11.4 Å². The molecule has 9 nitrogen and oxygen atoms in total. The van der Waals surface area contributed by atoms with Gasteiger partial charge in [-0.3, -0.25) is 9.59 Å². The molecule has 3 aliphatic rings. The number of carbonyl (C=O) groups excluding carboxylic acids is 2. The fourth-order valence-electron chi connectivity index (χ4n) is 5.01. The number of aromatic hydroxyl groups is 1. The quantitative estimate of drug-likeness (QED) is 0.559. The number of allylic oxidation sites excluding steroid dienone is 6. The lowest BCUT2D eigenvalue weighted by Gasteiger charge is -2.39. The van der Waals surface area contributed by atoms with Gasteiger partial charge in [-0.05, 0) is 36.8 Å². The Bertz CT molecular complexity index is 1430. The maximum absolute atomic E-state index is 13.1. The molecule has 0 unspecified atom stereocenters. The number of Topliss-reactive ketones (excluding diaryl/α,β-unsaturated/α-hetero) is 1. The van der Waals surface area contributed by atoms with Crippen LogP contribution in [0.1, 0.15) is 30.9 Å². The van der Waals surface area contributed by atoms with Gasteiger partial charge in [0, 0.05) is 41.7 Å². The molecule has 2 aliphatic carbocycles. The Kier molecular flexibility index (Phi) is 4.27. The highest BCUT2D eigenvalue weighted by Crippen LogP contribution is 2.51. The minimum absolute atomic E-state index is 0.0564. The first-order valence-electron chi connectivity index (χ1n) is 10.2. The summed E-state index contributed by atoms with van der Waals surface area (Å²) < 4.78 is 9.04. The highest BCUT2D eigenvalue weighted by molar-refractivity contribution is 6.23. The molecule has 1 aromatic heterocycles. The maximum Gasteiger partial charge on any atom is 0.347 e. The van der Waals surface area contributed by atoms with E-state index in [-0.39, 0.29) is 30.3 Å². The van der Waals surface area contributed by atoms with Gasteiger partial charge in [-0.1, -0.05) is 6.08 Å². The Morgan fingerprint density at radius 1 is 1.12 bits per heavy atom. The number of ether oxygens (including phenoxy) is 1. The minimum atomic E-state index is -0.754. The summed E-state index contributed by atoms with van der Waals surface area (Å²) in [6.07, 6.45) is 3.24. The summed E-state index contributed by atoms with van der Waals surface area (Å²) in [6, 6.07) is 4.07. The SMILES string of the molecule is COc1ccc(O)c([C@H]2C3=CCn4c(=O)n(C)c(=O)n4[C@@H]3CC3=C2C(=O)C=C(C)C3=O)c1. The van der Waals surface area contributed by atoms with Crippen LogP contribution >= 0.6 is 0 Å². The van der Waals surface area contributed by atoms with E-state index in [9.17, 15) is 24.3 Å². The average molecular weight is 435 g/mol. The molecule has 32 heavy (non-hydrogen) atoms. The van der Waals surface area contributed by atoms with Gasteiger partial charge in [-0.15, -0.1) is 0 Å². The first-order chi connectivity index (χ1) is 15.2. The summed E-state index contributed by atoms with van der Waals surface area (Å²) in [7, 11) is 2.90. The van der Waals surface area contributed by atoms with Crippen molar-refractivity contribution in [2.45, 2.75) is 31.8 Å². The molecule has 1 N–H and O–H groups in total. The van der Waals surface area contributed by atoms with Crippen LogP contribution in [0.15, 0.2) is 62.2 Å². The standard InChI is InChI=1S/C23H21N3O6/c1-11-8-18(28)20-15(21(11)29)10-16-13(6-7-25-22(30)24(2)23(31)26(16)25)19(20)14-9-12(32-3)4-5-17(14)27/h4-6,8-9,16,19,27H,7,10H2,1-3H3/t16-,19-/m1/s1. The zero-order valence-corrected chi connectivity index (χ0v) is 17.8. The van der Waals surface area contributed by atoms with Crippen molar-refractivity contribution >= 4 is 11.6 Å². The number of phenolic OH excluding ortho intramolecular Hbond substituents is 1. The van der Waals surface area contributed by atoms with Crippen LogP contribution in [0.2, 0.25) is 0 Å². The van der Waals surface area contributed by atoms with E-state index in [1.165, 1.54) is 35.7 Å². The summed E-state index contributed by atoms with van der Waals surface area (Å²) in [6.45, 7) is 1.72. The van der Waals surface area contributed by atoms with Crippen LogP contribution in [0.4, 0.5) is 0 Å². The molecule has 5 rings (SSSR count). The van der Waals surface area contributed by atoms with Crippen molar-refractivity contribution in [3.63, 3.8) is 0 Å². The van der Waals surface area contributed by atoms with Crippen molar-refractivity contribution in [3.8, 4) is 11.5 Å². The second-order valence-electron chi connectivity index (χ2n) is 8.25. The van der Waals surface area contributed by atoms with Crippen LogP contribution in [-0.2, 0) is 23.2 Å². The summed E-state index contributed by atoms with van der Waals surface area (Å²) in [5.74, 6) is -0.898. The zero-order valence-electron chi connectivity index (χ0n) is 17.8. The molecule has 0 amide bonds. The van der Waals surface area contributed by atoms with E-state index in [0.717, 1.165) is 4.57 Å². The Morgan fingerprint density at radius 3 is 2.59 bits per heavy atom. The lowest BCUT2D eigenvalue weighted by atomic mass is 9.68. The number of hydrogen-bond acceptors (Lipinski definition) is 6. The topological polar surface area (TPSA) is 113 Å². The Hall–Kier alpha value is -3.88. The summed E-state index contributed by atoms with van der Waals surface area (Å²) in [4.78, 5) is 51.6.